The van der Waals surface area contributed by atoms with Gasteiger partial charge < -0.3 is 0 Å². The summed E-state index contributed by atoms with van der Waals surface area (Å²) in [4.78, 5) is 0. The molecule has 2 aromatic carbocycles. The molecule has 0 amide bonds. The summed E-state index contributed by atoms with van der Waals surface area (Å²) in [7, 11) is 0. The minimum Gasteiger partial charge on any atom is -0.0614 e. The van der Waals surface area contributed by atoms with Crippen LogP contribution in [0.3, 0.4) is 0 Å². The highest BCUT2D eigenvalue weighted by atomic mass is 14.3. The first kappa shape index (κ1) is 10.4. The smallest absolute Gasteiger partial charge is 0.00990 e. The Morgan fingerprint density at radius 2 is 1.56 bits per heavy atom. The molecule has 2 fully saturated rings. The van der Waals surface area contributed by atoms with Gasteiger partial charge in [0.2, 0.25) is 0 Å². The van der Waals surface area contributed by atoms with Gasteiger partial charge in [-0.05, 0) is 65.8 Å². The Kier molecular flexibility index (Phi) is 2.29. The number of hydrogen-bond donors (Lipinski definition) is 0. The molecule has 89 valence electrons. The van der Waals surface area contributed by atoms with Crippen molar-refractivity contribution < 1.29 is 0 Å². The lowest BCUT2D eigenvalue weighted by Gasteiger charge is -2.06. The quantitative estimate of drug-likeness (QED) is 0.706. The molecule has 0 aliphatic heterocycles. The fourth-order valence-corrected chi connectivity index (χ4v) is 2.70. The summed E-state index contributed by atoms with van der Waals surface area (Å²) in [6.07, 6.45) is 5.47. The second-order valence-electron chi connectivity index (χ2n) is 5.71. The van der Waals surface area contributed by atoms with E-state index in [1.54, 1.807) is 0 Å². The molecule has 0 heteroatoms. The van der Waals surface area contributed by atoms with Crippen molar-refractivity contribution in [2.45, 2.75) is 37.5 Å². The summed E-state index contributed by atoms with van der Waals surface area (Å²) in [6.45, 7) is 0. The first-order chi connectivity index (χ1) is 8.90. The lowest BCUT2D eigenvalue weighted by molar-refractivity contribution is 1.12. The first-order valence-corrected chi connectivity index (χ1v) is 7.02. The molecule has 0 heterocycles. The van der Waals surface area contributed by atoms with E-state index in [0.717, 1.165) is 11.8 Å². The van der Waals surface area contributed by atoms with Crippen LogP contribution in [0.1, 0.15) is 48.6 Å². The second-order valence-corrected chi connectivity index (χ2v) is 5.71. The molecule has 1 radical (unpaired) electrons. The number of hydrogen-bond acceptors (Lipinski definition) is 0. The monoisotopic (exact) mass is 233 g/mol. The topological polar surface area (TPSA) is 0 Å². The Morgan fingerprint density at radius 1 is 0.833 bits per heavy atom. The molecular weight excluding hydrogens is 216 g/mol. The summed E-state index contributed by atoms with van der Waals surface area (Å²) in [5.74, 6) is 1.65. The van der Waals surface area contributed by atoms with Gasteiger partial charge in [-0.3, -0.25) is 0 Å². The molecule has 0 atom stereocenters. The van der Waals surface area contributed by atoms with E-state index >= 15 is 0 Å². The van der Waals surface area contributed by atoms with Crippen LogP contribution < -0.4 is 0 Å². The van der Waals surface area contributed by atoms with Gasteiger partial charge in [-0.2, -0.15) is 0 Å². The summed E-state index contributed by atoms with van der Waals surface area (Å²) in [6, 6.07) is 19.1. The normalized spacial score (nSPS) is 18.9. The van der Waals surface area contributed by atoms with Crippen LogP contribution in [0.15, 0.2) is 42.5 Å². The third-order valence-electron chi connectivity index (χ3n) is 4.12. The molecule has 0 N–H and O–H groups in total. The van der Waals surface area contributed by atoms with Gasteiger partial charge in [0.05, 0.1) is 0 Å². The first-order valence-electron chi connectivity index (χ1n) is 7.02. The van der Waals surface area contributed by atoms with Crippen molar-refractivity contribution in [3.05, 3.63) is 59.7 Å². The van der Waals surface area contributed by atoms with Gasteiger partial charge in [-0.15, -0.1) is 0 Å². The molecule has 2 saturated carbocycles. The number of rotatable bonds is 3. The zero-order valence-corrected chi connectivity index (χ0v) is 10.5. The molecule has 0 spiro atoms. The van der Waals surface area contributed by atoms with Gasteiger partial charge in [0.1, 0.15) is 0 Å². The van der Waals surface area contributed by atoms with Crippen LogP contribution in [0, 0.1) is 6.07 Å². The number of benzene rings is 2. The van der Waals surface area contributed by atoms with Gasteiger partial charge in [0.15, 0.2) is 0 Å². The fraction of sp³-hybridized carbons (Fsp3) is 0.333. The van der Waals surface area contributed by atoms with Crippen LogP contribution in [-0.2, 0) is 0 Å². The van der Waals surface area contributed by atoms with Crippen molar-refractivity contribution in [3.8, 4) is 11.1 Å². The second kappa shape index (κ2) is 3.98. The average molecular weight is 233 g/mol. The van der Waals surface area contributed by atoms with E-state index < -0.39 is 0 Å². The zero-order chi connectivity index (χ0) is 11.9. The van der Waals surface area contributed by atoms with E-state index in [1.807, 2.05) is 0 Å². The average Bonchev–Trinajstić information content (AvgIpc) is 3.32. The maximum Gasteiger partial charge on any atom is -0.00990 e. The van der Waals surface area contributed by atoms with Crippen molar-refractivity contribution in [3.63, 3.8) is 0 Å². The Balaban J connectivity index is 1.72. The van der Waals surface area contributed by atoms with Crippen LogP contribution in [0.5, 0.6) is 0 Å². The van der Waals surface area contributed by atoms with Crippen molar-refractivity contribution >= 4 is 0 Å². The lowest BCUT2D eigenvalue weighted by Crippen LogP contribution is -1.85. The van der Waals surface area contributed by atoms with Gasteiger partial charge in [0.25, 0.3) is 0 Å². The van der Waals surface area contributed by atoms with Crippen molar-refractivity contribution in [1.82, 2.24) is 0 Å². The minimum atomic E-state index is 0.824. The van der Waals surface area contributed by atoms with Crippen LogP contribution in [0.2, 0.25) is 0 Å². The maximum atomic E-state index is 3.39. The fourth-order valence-electron chi connectivity index (χ4n) is 2.70. The molecule has 2 aliphatic carbocycles. The molecule has 2 aromatic rings. The van der Waals surface area contributed by atoms with Gasteiger partial charge in [-0.1, -0.05) is 42.5 Å². The summed E-state index contributed by atoms with van der Waals surface area (Å²) in [5.41, 5.74) is 5.61. The van der Waals surface area contributed by atoms with Crippen molar-refractivity contribution in [1.29, 1.82) is 0 Å². The molecule has 4 rings (SSSR count). The highest BCUT2D eigenvalue weighted by molar-refractivity contribution is 5.65. The standard InChI is InChI=1S/C18H17/c1-3-15(13-7-8-13)11-17(5-1)18-6-2-4-16(12-18)14-9-10-14/h1-5,11-14H,7-10H2. The summed E-state index contributed by atoms with van der Waals surface area (Å²) < 4.78 is 0. The molecule has 0 nitrogen and oxygen atoms in total. The van der Waals surface area contributed by atoms with Crippen LogP contribution >= 0.6 is 0 Å². The van der Waals surface area contributed by atoms with E-state index in [0.29, 0.717) is 0 Å². The van der Waals surface area contributed by atoms with Crippen molar-refractivity contribution in [2.24, 2.45) is 0 Å². The predicted molar refractivity (Wildman–Crippen MR) is 74.7 cm³/mol. The Hall–Kier alpha value is -1.56. The van der Waals surface area contributed by atoms with Crippen LogP contribution in [0.4, 0.5) is 0 Å². The molecule has 2 aliphatic rings. The SMILES string of the molecule is [c]1ccc(C2CC2)cc1-c1cccc(C2CC2)c1. The third-order valence-corrected chi connectivity index (χ3v) is 4.12. The Labute approximate surface area is 109 Å². The molecular formula is C18H17. The Bertz CT molecular complexity index is 521. The maximum absolute atomic E-state index is 3.39. The summed E-state index contributed by atoms with van der Waals surface area (Å²) >= 11 is 0. The van der Waals surface area contributed by atoms with Gasteiger partial charge in [-0.25, -0.2) is 0 Å². The zero-order valence-electron chi connectivity index (χ0n) is 10.5. The van der Waals surface area contributed by atoms with E-state index in [9.17, 15) is 0 Å². The molecule has 0 unspecified atom stereocenters. The van der Waals surface area contributed by atoms with Crippen LogP contribution in [-0.4, -0.2) is 0 Å². The van der Waals surface area contributed by atoms with Crippen molar-refractivity contribution in [2.75, 3.05) is 0 Å². The molecule has 18 heavy (non-hydrogen) atoms. The van der Waals surface area contributed by atoms with E-state index in [-0.39, 0.29) is 0 Å². The Morgan fingerprint density at radius 3 is 2.28 bits per heavy atom. The van der Waals surface area contributed by atoms with E-state index in [2.05, 4.69) is 48.5 Å². The third kappa shape index (κ3) is 1.96. The van der Waals surface area contributed by atoms with Gasteiger partial charge >= 0.3 is 0 Å². The molecule has 0 bridgehead atoms. The van der Waals surface area contributed by atoms with E-state index in [1.165, 1.54) is 47.9 Å². The van der Waals surface area contributed by atoms with Crippen LogP contribution in [0.25, 0.3) is 11.1 Å². The minimum absolute atomic E-state index is 0.824. The molecule has 0 saturated heterocycles. The highest BCUT2D eigenvalue weighted by Crippen LogP contribution is 2.42. The summed E-state index contributed by atoms with van der Waals surface area (Å²) in [5, 5.41) is 0. The highest BCUT2D eigenvalue weighted by Gasteiger charge is 2.24. The van der Waals surface area contributed by atoms with E-state index in [4.69, 9.17) is 0 Å². The molecule has 0 aromatic heterocycles. The van der Waals surface area contributed by atoms with Gasteiger partial charge in [0, 0.05) is 0 Å². The predicted octanol–water partition coefficient (Wildman–Crippen LogP) is 4.91. The lowest BCUT2D eigenvalue weighted by atomic mass is 9.98. The largest absolute Gasteiger partial charge is 0.0614 e.